The average molecular weight is 264 g/mol. The van der Waals surface area contributed by atoms with E-state index in [-0.39, 0.29) is 11.1 Å². The van der Waals surface area contributed by atoms with Crippen LogP contribution in [0.25, 0.3) is 11.0 Å². The summed E-state index contributed by atoms with van der Waals surface area (Å²) in [5, 5.41) is 3.05. The molecular weight excluding hydrogens is 251 g/mol. The van der Waals surface area contributed by atoms with Crippen LogP contribution in [0.3, 0.4) is 0 Å². The zero-order valence-electron chi connectivity index (χ0n) is 10.1. The second kappa shape index (κ2) is 5.62. The molecule has 6 heteroatoms. The van der Waals surface area contributed by atoms with Crippen molar-refractivity contribution < 1.29 is 13.6 Å². The van der Waals surface area contributed by atoms with Gasteiger partial charge in [-0.25, -0.2) is 9.18 Å². The largest absolute Gasteiger partial charge is 0.422 e. The lowest BCUT2D eigenvalue weighted by molar-refractivity contribution is 0.0950. The molecular formula is C13H13FN2O3. The highest BCUT2D eigenvalue weighted by molar-refractivity contribution is 5.96. The fourth-order valence-electron chi connectivity index (χ4n) is 1.64. The van der Waals surface area contributed by atoms with Crippen LogP contribution in [0.5, 0.6) is 0 Å². The van der Waals surface area contributed by atoms with E-state index in [1.807, 2.05) is 0 Å². The zero-order valence-corrected chi connectivity index (χ0v) is 10.1. The van der Waals surface area contributed by atoms with E-state index in [9.17, 15) is 14.0 Å². The number of hydrogen-bond acceptors (Lipinski definition) is 4. The number of nitrogens with one attached hydrogen (secondary N) is 1. The van der Waals surface area contributed by atoms with Crippen LogP contribution < -0.4 is 16.7 Å². The Bertz CT molecular complexity index is 666. The molecule has 0 aliphatic rings. The molecule has 0 atom stereocenters. The van der Waals surface area contributed by atoms with E-state index in [1.54, 1.807) is 0 Å². The molecule has 1 aromatic heterocycles. The SMILES string of the molecule is NCCCNC(=O)c1cc2ccc(F)cc2oc1=O. The predicted molar refractivity (Wildman–Crippen MR) is 68.4 cm³/mol. The first-order valence-electron chi connectivity index (χ1n) is 5.83. The molecule has 0 saturated heterocycles. The molecule has 3 N–H and O–H groups in total. The van der Waals surface area contributed by atoms with E-state index in [1.165, 1.54) is 18.2 Å². The standard InChI is InChI=1S/C13H13FN2O3/c14-9-3-2-8-6-10(12(17)16-5-1-4-15)13(18)19-11(8)7-9/h2-3,6-7H,1,4-5,15H2,(H,16,17). The van der Waals surface area contributed by atoms with Crippen LogP contribution in [-0.2, 0) is 0 Å². The van der Waals surface area contributed by atoms with Crippen molar-refractivity contribution in [1.29, 1.82) is 0 Å². The maximum absolute atomic E-state index is 13.0. The molecule has 0 fully saturated rings. The van der Waals surface area contributed by atoms with Gasteiger partial charge in [0.05, 0.1) is 0 Å². The second-order valence-corrected chi connectivity index (χ2v) is 4.03. The Morgan fingerprint density at radius 3 is 2.89 bits per heavy atom. The molecule has 0 aliphatic carbocycles. The maximum atomic E-state index is 13.0. The van der Waals surface area contributed by atoms with Crippen molar-refractivity contribution in [1.82, 2.24) is 5.32 Å². The third kappa shape index (κ3) is 2.97. The quantitative estimate of drug-likeness (QED) is 0.637. The molecule has 1 amide bonds. The summed E-state index contributed by atoms with van der Waals surface area (Å²) in [5.74, 6) is -1.02. The van der Waals surface area contributed by atoms with Gasteiger partial charge in [-0.1, -0.05) is 0 Å². The number of nitrogens with two attached hydrogens (primary N) is 1. The van der Waals surface area contributed by atoms with Crippen LogP contribution in [-0.4, -0.2) is 19.0 Å². The summed E-state index contributed by atoms with van der Waals surface area (Å²) in [7, 11) is 0. The van der Waals surface area contributed by atoms with E-state index in [2.05, 4.69) is 5.32 Å². The Kier molecular flexibility index (Phi) is 3.91. The van der Waals surface area contributed by atoms with Crippen molar-refractivity contribution in [2.75, 3.05) is 13.1 Å². The molecule has 0 spiro atoms. The van der Waals surface area contributed by atoms with Gasteiger partial charge in [-0.2, -0.15) is 0 Å². The van der Waals surface area contributed by atoms with Crippen LogP contribution in [0.4, 0.5) is 4.39 Å². The molecule has 0 aliphatic heterocycles. The summed E-state index contributed by atoms with van der Waals surface area (Å²) < 4.78 is 17.9. The molecule has 0 unspecified atom stereocenters. The molecule has 2 aromatic rings. The molecule has 0 saturated carbocycles. The highest BCUT2D eigenvalue weighted by atomic mass is 19.1. The highest BCUT2D eigenvalue weighted by Gasteiger charge is 2.13. The average Bonchev–Trinajstić information content (AvgIpc) is 2.38. The zero-order chi connectivity index (χ0) is 13.8. The van der Waals surface area contributed by atoms with Gasteiger partial charge in [0.2, 0.25) is 0 Å². The minimum Gasteiger partial charge on any atom is -0.422 e. The van der Waals surface area contributed by atoms with Crippen molar-refractivity contribution in [2.24, 2.45) is 5.73 Å². The number of benzene rings is 1. The highest BCUT2D eigenvalue weighted by Crippen LogP contribution is 2.14. The van der Waals surface area contributed by atoms with Gasteiger partial charge in [0.15, 0.2) is 0 Å². The lowest BCUT2D eigenvalue weighted by Crippen LogP contribution is -2.29. The summed E-state index contributed by atoms with van der Waals surface area (Å²) >= 11 is 0. The Hall–Kier alpha value is -2.21. The molecule has 1 aromatic carbocycles. The van der Waals surface area contributed by atoms with Gasteiger partial charge >= 0.3 is 5.63 Å². The van der Waals surface area contributed by atoms with Crippen LogP contribution in [0.2, 0.25) is 0 Å². The second-order valence-electron chi connectivity index (χ2n) is 4.03. The maximum Gasteiger partial charge on any atom is 0.349 e. The van der Waals surface area contributed by atoms with Gasteiger partial charge < -0.3 is 15.5 Å². The Labute approximate surface area is 108 Å². The molecule has 2 rings (SSSR count). The topological polar surface area (TPSA) is 85.3 Å². The van der Waals surface area contributed by atoms with E-state index >= 15 is 0 Å². The third-order valence-corrected chi connectivity index (χ3v) is 2.61. The van der Waals surface area contributed by atoms with E-state index in [0.717, 1.165) is 6.07 Å². The summed E-state index contributed by atoms with van der Waals surface area (Å²) in [6, 6.07) is 5.17. The summed E-state index contributed by atoms with van der Waals surface area (Å²) in [6.45, 7) is 0.835. The van der Waals surface area contributed by atoms with Gasteiger partial charge in [0.25, 0.3) is 5.91 Å². The molecule has 1 heterocycles. The first-order valence-corrected chi connectivity index (χ1v) is 5.83. The summed E-state index contributed by atoms with van der Waals surface area (Å²) in [5.41, 5.74) is 4.53. The van der Waals surface area contributed by atoms with Gasteiger partial charge in [-0.3, -0.25) is 4.79 Å². The van der Waals surface area contributed by atoms with Gasteiger partial charge in [-0.15, -0.1) is 0 Å². The van der Waals surface area contributed by atoms with Gasteiger partial charge in [0, 0.05) is 18.0 Å². The third-order valence-electron chi connectivity index (χ3n) is 2.61. The molecule has 19 heavy (non-hydrogen) atoms. The van der Waals surface area contributed by atoms with E-state index < -0.39 is 17.3 Å². The number of carbonyl (C=O) groups is 1. The molecule has 0 bridgehead atoms. The monoisotopic (exact) mass is 264 g/mol. The van der Waals surface area contributed by atoms with Crippen LogP contribution >= 0.6 is 0 Å². The Morgan fingerprint density at radius 1 is 1.37 bits per heavy atom. The van der Waals surface area contributed by atoms with Crippen LogP contribution in [0.15, 0.2) is 33.5 Å². The first kappa shape index (κ1) is 13.2. The lowest BCUT2D eigenvalue weighted by Gasteiger charge is -2.04. The molecule has 5 nitrogen and oxygen atoms in total. The van der Waals surface area contributed by atoms with Crippen molar-refractivity contribution in [3.63, 3.8) is 0 Å². The van der Waals surface area contributed by atoms with Gasteiger partial charge in [-0.05, 0) is 31.2 Å². The fraction of sp³-hybridized carbons (Fsp3) is 0.231. The number of rotatable bonds is 4. The Balaban J connectivity index is 2.33. The molecule has 100 valence electrons. The van der Waals surface area contributed by atoms with E-state index in [0.29, 0.717) is 24.9 Å². The number of hydrogen-bond donors (Lipinski definition) is 2. The van der Waals surface area contributed by atoms with Crippen molar-refractivity contribution in [3.05, 3.63) is 46.1 Å². The minimum absolute atomic E-state index is 0.101. The number of fused-ring (bicyclic) bond motifs is 1. The smallest absolute Gasteiger partial charge is 0.349 e. The number of halogens is 1. The van der Waals surface area contributed by atoms with Crippen molar-refractivity contribution in [2.45, 2.75) is 6.42 Å². The normalized spacial score (nSPS) is 10.6. The molecule has 0 radical (unpaired) electrons. The predicted octanol–water partition coefficient (Wildman–Crippen LogP) is 1.01. The van der Waals surface area contributed by atoms with Crippen molar-refractivity contribution >= 4 is 16.9 Å². The minimum atomic E-state index is -0.789. The van der Waals surface area contributed by atoms with Crippen LogP contribution in [0.1, 0.15) is 16.8 Å². The van der Waals surface area contributed by atoms with Crippen molar-refractivity contribution in [3.8, 4) is 0 Å². The van der Waals surface area contributed by atoms with Gasteiger partial charge in [0.1, 0.15) is 17.0 Å². The summed E-state index contributed by atoms with van der Waals surface area (Å²) in [4.78, 5) is 23.4. The lowest BCUT2D eigenvalue weighted by atomic mass is 10.1. The van der Waals surface area contributed by atoms with E-state index in [4.69, 9.17) is 10.2 Å². The first-order chi connectivity index (χ1) is 9.11. The number of amides is 1. The Morgan fingerprint density at radius 2 is 2.16 bits per heavy atom. The van der Waals surface area contributed by atoms with Crippen LogP contribution in [0, 0.1) is 5.82 Å². The fourth-order valence-corrected chi connectivity index (χ4v) is 1.64. The number of carbonyl (C=O) groups excluding carboxylic acids is 1. The summed E-state index contributed by atoms with van der Waals surface area (Å²) in [6.07, 6.45) is 0.621.